The maximum absolute atomic E-state index is 12.5. The van der Waals surface area contributed by atoms with Crippen molar-refractivity contribution in [3.8, 4) is 0 Å². The van der Waals surface area contributed by atoms with Crippen LogP contribution < -0.4 is 5.32 Å². The first-order chi connectivity index (χ1) is 13.1. The van der Waals surface area contributed by atoms with Crippen LogP contribution in [0.25, 0.3) is 0 Å². The van der Waals surface area contributed by atoms with Crippen LogP contribution in [0.15, 0.2) is 53.0 Å². The van der Waals surface area contributed by atoms with Gasteiger partial charge in [-0.3, -0.25) is 4.79 Å². The summed E-state index contributed by atoms with van der Waals surface area (Å²) in [6, 6.07) is 16.1. The lowest BCUT2D eigenvalue weighted by Crippen LogP contribution is -2.27. The van der Waals surface area contributed by atoms with Crippen LogP contribution in [0.3, 0.4) is 0 Å². The molecular formula is C20H19BrN4O2. The van der Waals surface area contributed by atoms with Gasteiger partial charge in [0.25, 0.3) is 5.91 Å². The Labute approximate surface area is 165 Å². The number of carbonyl (C=O) groups is 1. The lowest BCUT2D eigenvalue weighted by Gasteiger charge is -2.24. The molecule has 2 heterocycles. The molecule has 3 aromatic rings. The van der Waals surface area contributed by atoms with Gasteiger partial charge in [0.2, 0.25) is 0 Å². The number of benzene rings is 2. The Kier molecular flexibility index (Phi) is 5.05. The molecule has 1 aromatic heterocycles. The first kappa shape index (κ1) is 17.9. The van der Waals surface area contributed by atoms with Gasteiger partial charge >= 0.3 is 0 Å². The highest BCUT2D eigenvalue weighted by Gasteiger charge is 2.27. The summed E-state index contributed by atoms with van der Waals surface area (Å²) in [5.41, 5.74) is 4.33. The molecular weight excluding hydrogens is 408 g/mol. The second kappa shape index (κ2) is 7.62. The molecule has 1 aliphatic rings. The topological polar surface area (TPSA) is 69.0 Å². The van der Waals surface area contributed by atoms with Crippen molar-refractivity contribution in [2.45, 2.75) is 32.7 Å². The Morgan fingerprint density at radius 3 is 2.89 bits per heavy atom. The highest BCUT2D eigenvalue weighted by molar-refractivity contribution is 9.10. The smallest absolute Gasteiger partial charge is 0.274 e. The second-order valence-corrected chi connectivity index (χ2v) is 7.51. The van der Waals surface area contributed by atoms with Crippen LogP contribution in [-0.4, -0.2) is 20.9 Å². The molecule has 0 radical (unpaired) electrons. The van der Waals surface area contributed by atoms with Crippen LogP contribution in [0.5, 0.6) is 0 Å². The molecule has 6 nitrogen and oxygen atoms in total. The number of halogens is 1. The van der Waals surface area contributed by atoms with Crippen molar-refractivity contribution >= 4 is 21.8 Å². The average molecular weight is 427 g/mol. The van der Waals surface area contributed by atoms with Crippen molar-refractivity contribution in [1.29, 1.82) is 0 Å². The highest BCUT2D eigenvalue weighted by atomic mass is 79.9. The van der Waals surface area contributed by atoms with E-state index < -0.39 is 0 Å². The number of nitrogens with zero attached hydrogens (tertiary/aromatic N) is 3. The summed E-state index contributed by atoms with van der Waals surface area (Å²) in [6.07, 6.45) is -0.101. The van der Waals surface area contributed by atoms with Crippen LogP contribution >= 0.6 is 15.9 Å². The number of hydrogen-bond donors (Lipinski definition) is 1. The van der Waals surface area contributed by atoms with Gasteiger partial charge in [-0.2, -0.15) is 0 Å². The van der Waals surface area contributed by atoms with Crippen LogP contribution in [0.2, 0.25) is 0 Å². The van der Waals surface area contributed by atoms with Gasteiger partial charge in [-0.1, -0.05) is 63.1 Å². The van der Waals surface area contributed by atoms with Crippen molar-refractivity contribution < 1.29 is 9.53 Å². The summed E-state index contributed by atoms with van der Waals surface area (Å²) in [6.45, 7) is 3.32. The molecule has 0 fully saturated rings. The standard InChI is InChI=1S/C20H19BrN4O2/c1-13-3-2-4-14(9-13)10-22-20(26)19-17-12-27-18(11-25(17)24-23-19)15-5-7-16(21)8-6-15/h2-9,18H,10-12H2,1H3,(H,22,26)/t18-/m0/s1. The van der Waals surface area contributed by atoms with E-state index in [0.29, 0.717) is 31.1 Å². The molecule has 1 atom stereocenters. The molecule has 4 rings (SSSR count). The average Bonchev–Trinajstić information content (AvgIpc) is 3.10. The number of hydrogen-bond acceptors (Lipinski definition) is 4. The van der Waals surface area contributed by atoms with Crippen molar-refractivity contribution in [1.82, 2.24) is 20.3 Å². The van der Waals surface area contributed by atoms with E-state index >= 15 is 0 Å². The lowest BCUT2D eigenvalue weighted by molar-refractivity contribution is -0.00177. The maximum atomic E-state index is 12.5. The predicted octanol–water partition coefficient (Wildman–Crippen LogP) is 3.55. The largest absolute Gasteiger partial charge is 0.365 e. The molecule has 0 saturated heterocycles. The maximum Gasteiger partial charge on any atom is 0.274 e. The number of carbonyl (C=O) groups excluding carboxylic acids is 1. The van der Waals surface area contributed by atoms with Gasteiger partial charge in [-0.15, -0.1) is 5.10 Å². The van der Waals surface area contributed by atoms with Crippen LogP contribution in [0.4, 0.5) is 0 Å². The number of fused-ring (bicyclic) bond motifs is 1. The molecule has 1 aliphatic heterocycles. The molecule has 0 unspecified atom stereocenters. The minimum Gasteiger partial charge on any atom is -0.365 e. The summed E-state index contributed by atoms with van der Waals surface area (Å²) in [4.78, 5) is 12.5. The third-order valence-electron chi connectivity index (χ3n) is 4.59. The number of rotatable bonds is 4. The van der Waals surface area contributed by atoms with Crippen LogP contribution in [0.1, 0.15) is 39.0 Å². The minimum atomic E-state index is -0.233. The minimum absolute atomic E-state index is 0.101. The summed E-state index contributed by atoms with van der Waals surface area (Å²) >= 11 is 3.44. The fourth-order valence-corrected chi connectivity index (χ4v) is 3.42. The summed E-state index contributed by atoms with van der Waals surface area (Å²) < 4.78 is 8.75. The molecule has 0 spiro atoms. The quantitative estimate of drug-likeness (QED) is 0.692. The van der Waals surface area contributed by atoms with Gasteiger partial charge in [0.15, 0.2) is 5.69 Å². The number of amides is 1. The van der Waals surface area contributed by atoms with Gasteiger partial charge in [-0.05, 0) is 30.2 Å². The van der Waals surface area contributed by atoms with Gasteiger partial charge in [0, 0.05) is 11.0 Å². The molecule has 0 saturated carbocycles. The zero-order chi connectivity index (χ0) is 18.8. The number of aromatic nitrogens is 3. The van der Waals surface area contributed by atoms with Gasteiger partial charge in [-0.25, -0.2) is 4.68 Å². The van der Waals surface area contributed by atoms with E-state index in [-0.39, 0.29) is 12.0 Å². The van der Waals surface area contributed by atoms with Crippen molar-refractivity contribution in [2.75, 3.05) is 0 Å². The zero-order valence-electron chi connectivity index (χ0n) is 14.9. The van der Waals surface area contributed by atoms with E-state index in [4.69, 9.17) is 4.74 Å². The van der Waals surface area contributed by atoms with Gasteiger partial charge in [0.1, 0.15) is 6.10 Å². The van der Waals surface area contributed by atoms with Crippen molar-refractivity contribution in [3.05, 3.63) is 81.1 Å². The number of ether oxygens (including phenoxy) is 1. The van der Waals surface area contributed by atoms with E-state index in [2.05, 4.69) is 31.6 Å². The molecule has 27 heavy (non-hydrogen) atoms. The highest BCUT2D eigenvalue weighted by Crippen LogP contribution is 2.27. The van der Waals surface area contributed by atoms with E-state index in [9.17, 15) is 4.79 Å². The fraction of sp³-hybridized carbons (Fsp3) is 0.250. The van der Waals surface area contributed by atoms with Crippen molar-refractivity contribution in [3.63, 3.8) is 0 Å². The Hall–Kier alpha value is -2.51. The monoisotopic (exact) mass is 426 g/mol. The second-order valence-electron chi connectivity index (χ2n) is 6.59. The van der Waals surface area contributed by atoms with Gasteiger partial charge in [0.05, 0.1) is 18.8 Å². The Morgan fingerprint density at radius 1 is 1.30 bits per heavy atom. The first-order valence-corrected chi connectivity index (χ1v) is 9.52. The summed E-state index contributed by atoms with van der Waals surface area (Å²) in [7, 11) is 0. The summed E-state index contributed by atoms with van der Waals surface area (Å²) in [5, 5.41) is 11.2. The molecule has 2 aromatic carbocycles. The molecule has 138 valence electrons. The normalized spacial score (nSPS) is 16.0. The summed E-state index contributed by atoms with van der Waals surface area (Å²) in [5.74, 6) is -0.233. The fourth-order valence-electron chi connectivity index (χ4n) is 3.16. The Balaban J connectivity index is 1.44. The Morgan fingerprint density at radius 2 is 2.11 bits per heavy atom. The molecule has 0 aliphatic carbocycles. The number of aryl methyl sites for hydroxylation is 1. The number of nitrogens with one attached hydrogen (secondary N) is 1. The molecule has 1 N–H and O–H groups in total. The molecule has 0 bridgehead atoms. The SMILES string of the molecule is Cc1cccc(CNC(=O)c2nnn3c2CO[C@H](c2ccc(Br)cc2)C3)c1. The van der Waals surface area contributed by atoms with Crippen LogP contribution in [0, 0.1) is 6.92 Å². The predicted molar refractivity (Wildman–Crippen MR) is 104 cm³/mol. The van der Waals surface area contributed by atoms with E-state index in [1.54, 1.807) is 4.68 Å². The molecule has 1 amide bonds. The first-order valence-electron chi connectivity index (χ1n) is 8.73. The zero-order valence-corrected chi connectivity index (χ0v) is 16.4. The lowest BCUT2D eigenvalue weighted by atomic mass is 10.1. The van der Waals surface area contributed by atoms with Crippen molar-refractivity contribution in [2.24, 2.45) is 0 Å². The van der Waals surface area contributed by atoms with E-state index in [0.717, 1.165) is 21.2 Å². The van der Waals surface area contributed by atoms with Gasteiger partial charge < -0.3 is 10.1 Å². The van der Waals surface area contributed by atoms with Crippen LogP contribution in [-0.2, 0) is 24.4 Å². The third-order valence-corrected chi connectivity index (χ3v) is 5.12. The Bertz CT molecular complexity index is 968. The molecule has 7 heteroatoms. The van der Waals surface area contributed by atoms with E-state index in [1.807, 2.05) is 55.5 Å². The third kappa shape index (κ3) is 3.94. The van der Waals surface area contributed by atoms with E-state index in [1.165, 1.54) is 0 Å².